The molecule has 3 aromatic rings. The highest BCUT2D eigenvalue weighted by Gasteiger charge is 2.28. The quantitative estimate of drug-likeness (QED) is 0.425. The molecule has 0 bridgehead atoms. The minimum absolute atomic E-state index is 0.0641. The summed E-state index contributed by atoms with van der Waals surface area (Å²) in [4.78, 5) is 24.1. The molecule has 0 saturated heterocycles. The number of carbonyl (C=O) groups is 2. The third kappa shape index (κ3) is 3.96. The first-order valence-electron chi connectivity index (χ1n) is 8.21. The van der Waals surface area contributed by atoms with Crippen molar-refractivity contribution in [1.82, 2.24) is 0 Å². The third-order valence-corrected chi connectivity index (χ3v) is 6.00. The smallest absolute Gasteiger partial charge is 0.289 e. The van der Waals surface area contributed by atoms with E-state index in [0.29, 0.717) is 22.3 Å². The molecule has 5 nitrogen and oxygen atoms in total. The summed E-state index contributed by atoms with van der Waals surface area (Å²) >= 11 is 3.22. The fraction of sp³-hybridized carbons (Fsp3) is 0.0476. The van der Waals surface area contributed by atoms with E-state index in [0.717, 1.165) is 10.0 Å². The minimum atomic E-state index is -4.06. The molecule has 0 unspecified atom stereocenters. The molecule has 28 heavy (non-hydrogen) atoms. The van der Waals surface area contributed by atoms with Gasteiger partial charge in [0.25, 0.3) is 10.1 Å². The lowest BCUT2D eigenvalue weighted by Gasteiger charge is -2.16. The number of benzene rings is 3. The Morgan fingerprint density at radius 1 is 0.750 bits per heavy atom. The Morgan fingerprint density at radius 3 is 1.46 bits per heavy atom. The summed E-state index contributed by atoms with van der Waals surface area (Å²) in [5.74, 6) is -0.128. The average molecular weight is 459 g/mol. The van der Waals surface area contributed by atoms with E-state index in [-0.39, 0.29) is 16.5 Å². The van der Waals surface area contributed by atoms with E-state index < -0.39 is 10.1 Å². The van der Waals surface area contributed by atoms with Crippen LogP contribution in [-0.4, -0.2) is 24.5 Å². The lowest BCUT2D eigenvalue weighted by molar-refractivity contribution is 0.0979. The second-order valence-corrected chi connectivity index (χ2v) is 8.41. The molecule has 0 saturated carbocycles. The van der Waals surface area contributed by atoms with E-state index in [1.807, 2.05) is 0 Å². The van der Waals surface area contributed by atoms with Gasteiger partial charge in [0.2, 0.25) is 0 Å². The lowest BCUT2D eigenvalue weighted by atomic mass is 9.84. The number of hydrogen-bond donors (Lipinski definition) is 1. The predicted octanol–water partition coefficient (Wildman–Crippen LogP) is 4.47. The van der Waals surface area contributed by atoms with E-state index in [2.05, 4.69) is 15.9 Å². The number of aryl methyl sites for hydroxylation is 1. The van der Waals surface area contributed by atoms with Crippen molar-refractivity contribution in [1.29, 1.82) is 0 Å². The van der Waals surface area contributed by atoms with Crippen LogP contribution in [0, 0.1) is 6.92 Å². The van der Waals surface area contributed by atoms with E-state index in [1.165, 1.54) is 12.1 Å². The van der Waals surface area contributed by atoms with Gasteiger partial charge in [-0.2, -0.15) is 8.42 Å². The Hall–Kier alpha value is -2.61. The van der Waals surface area contributed by atoms with Crippen molar-refractivity contribution in [3.8, 4) is 0 Å². The summed E-state index contributed by atoms with van der Waals surface area (Å²) in [6.07, 6.45) is 0. The van der Waals surface area contributed by atoms with E-state index in [4.69, 9.17) is 4.55 Å². The molecule has 0 fully saturated rings. The van der Waals surface area contributed by atoms with Crippen LogP contribution in [0.25, 0.3) is 0 Å². The van der Waals surface area contributed by atoms with Crippen LogP contribution in [0.15, 0.2) is 76.1 Å². The normalized spacial score (nSPS) is 12.5. The number of hydrogen-bond acceptors (Lipinski definition) is 4. The van der Waals surface area contributed by atoms with Crippen LogP contribution in [0.2, 0.25) is 0 Å². The van der Waals surface area contributed by atoms with Gasteiger partial charge in [-0.05, 0) is 30.7 Å². The van der Waals surface area contributed by atoms with Crippen LogP contribution in [0.5, 0.6) is 0 Å². The maximum Gasteiger partial charge on any atom is 0.294 e. The van der Waals surface area contributed by atoms with Crippen molar-refractivity contribution < 1.29 is 22.6 Å². The van der Waals surface area contributed by atoms with Gasteiger partial charge < -0.3 is 0 Å². The zero-order valence-electron chi connectivity index (χ0n) is 14.7. The Balaban J connectivity index is 0.000000169. The van der Waals surface area contributed by atoms with Crippen molar-refractivity contribution in [2.75, 3.05) is 0 Å². The minimum Gasteiger partial charge on any atom is -0.289 e. The van der Waals surface area contributed by atoms with Crippen molar-refractivity contribution in [2.24, 2.45) is 0 Å². The molecule has 0 atom stereocenters. The van der Waals surface area contributed by atoms with Gasteiger partial charge in [-0.1, -0.05) is 64.5 Å². The molecule has 7 heteroatoms. The van der Waals surface area contributed by atoms with Crippen molar-refractivity contribution in [3.05, 3.63) is 99.0 Å². The first kappa shape index (κ1) is 20.1. The van der Waals surface area contributed by atoms with Crippen LogP contribution in [0.3, 0.4) is 0 Å². The number of rotatable bonds is 1. The molecule has 0 spiro atoms. The van der Waals surface area contributed by atoms with Gasteiger partial charge in [-0.15, -0.1) is 0 Å². The summed E-state index contributed by atoms with van der Waals surface area (Å²) in [6.45, 7) is 1.75. The fourth-order valence-corrected chi connectivity index (χ4v) is 3.64. The SMILES string of the molecule is Cc1cc(S(=O)(=O)O)ccc1Br.O=C1c2ccccc2C(=O)c2ccccc21. The second-order valence-electron chi connectivity index (χ2n) is 6.14. The zero-order valence-corrected chi connectivity index (χ0v) is 17.1. The molecule has 0 amide bonds. The van der Waals surface area contributed by atoms with Gasteiger partial charge in [-0.3, -0.25) is 14.1 Å². The summed E-state index contributed by atoms with van der Waals surface area (Å²) in [5, 5.41) is 0. The van der Waals surface area contributed by atoms with Gasteiger partial charge in [0, 0.05) is 26.7 Å². The molecule has 0 aromatic heterocycles. The summed E-state index contributed by atoms with van der Waals surface area (Å²) in [6, 6.07) is 18.2. The summed E-state index contributed by atoms with van der Waals surface area (Å²) < 4.78 is 30.7. The first-order valence-corrected chi connectivity index (χ1v) is 10.4. The number of halogens is 1. The standard InChI is InChI=1S/C14H8O2.C7H7BrO3S/c15-13-9-5-1-2-6-10(9)14(16)12-8-4-3-7-11(12)13;1-5-4-6(12(9,10)11)2-3-7(5)8/h1-8H;2-4H,1H3,(H,9,10,11). The topological polar surface area (TPSA) is 88.5 Å². The van der Waals surface area contributed by atoms with Crippen LogP contribution < -0.4 is 0 Å². The summed E-state index contributed by atoms with van der Waals surface area (Å²) in [5.41, 5.74) is 2.79. The number of ketones is 2. The highest BCUT2D eigenvalue weighted by molar-refractivity contribution is 9.10. The molecule has 1 aliphatic rings. The molecule has 0 heterocycles. The molecular weight excluding hydrogens is 444 g/mol. The van der Waals surface area contributed by atoms with E-state index in [1.54, 1.807) is 61.5 Å². The molecule has 1 aliphatic carbocycles. The summed E-state index contributed by atoms with van der Waals surface area (Å²) in [7, 11) is -4.06. The molecule has 4 rings (SSSR count). The lowest BCUT2D eigenvalue weighted by Crippen LogP contribution is -2.20. The van der Waals surface area contributed by atoms with Crippen LogP contribution >= 0.6 is 15.9 Å². The Bertz CT molecular complexity index is 1090. The zero-order chi connectivity index (χ0) is 20.5. The van der Waals surface area contributed by atoms with Gasteiger partial charge in [0.1, 0.15) is 0 Å². The van der Waals surface area contributed by atoms with Crippen LogP contribution in [0.4, 0.5) is 0 Å². The third-order valence-electron chi connectivity index (χ3n) is 4.26. The average Bonchev–Trinajstić information content (AvgIpc) is 2.68. The monoisotopic (exact) mass is 458 g/mol. The largest absolute Gasteiger partial charge is 0.294 e. The van der Waals surface area contributed by atoms with Crippen molar-refractivity contribution in [3.63, 3.8) is 0 Å². The predicted molar refractivity (Wildman–Crippen MR) is 108 cm³/mol. The maximum atomic E-state index is 12.1. The van der Waals surface area contributed by atoms with Crippen molar-refractivity contribution >= 4 is 37.6 Å². The number of fused-ring (bicyclic) bond motifs is 2. The second kappa shape index (κ2) is 7.79. The molecule has 142 valence electrons. The molecule has 3 aromatic carbocycles. The van der Waals surface area contributed by atoms with Gasteiger partial charge in [0.05, 0.1) is 4.90 Å². The molecule has 0 aliphatic heterocycles. The van der Waals surface area contributed by atoms with Gasteiger partial charge in [-0.25, -0.2) is 0 Å². The number of carbonyl (C=O) groups excluding carboxylic acids is 2. The van der Waals surface area contributed by atoms with Gasteiger partial charge in [0.15, 0.2) is 11.6 Å². The molecule has 0 radical (unpaired) electrons. The Labute approximate surface area is 170 Å². The van der Waals surface area contributed by atoms with E-state index >= 15 is 0 Å². The fourth-order valence-electron chi connectivity index (χ4n) is 2.83. The molecule has 1 N–H and O–H groups in total. The highest BCUT2D eigenvalue weighted by atomic mass is 79.9. The Kier molecular flexibility index (Phi) is 5.60. The van der Waals surface area contributed by atoms with Gasteiger partial charge >= 0.3 is 0 Å². The van der Waals surface area contributed by atoms with E-state index in [9.17, 15) is 18.0 Å². The van der Waals surface area contributed by atoms with Crippen LogP contribution in [-0.2, 0) is 10.1 Å². The molecular formula is C21H15BrO5S. The highest BCUT2D eigenvalue weighted by Crippen LogP contribution is 2.26. The maximum absolute atomic E-state index is 12.1. The first-order chi connectivity index (χ1) is 13.2. The van der Waals surface area contributed by atoms with Crippen molar-refractivity contribution in [2.45, 2.75) is 11.8 Å². The van der Waals surface area contributed by atoms with Crippen LogP contribution in [0.1, 0.15) is 37.4 Å². The Morgan fingerprint density at radius 2 is 1.14 bits per heavy atom.